The zero-order valence-electron chi connectivity index (χ0n) is 17.4. The quantitative estimate of drug-likeness (QED) is 0.780. The van der Waals surface area contributed by atoms with Gasteiger partial charge in [-0.25, -0.2) is 0 Å². The minimum atomic E-state index is -0.687. The van der Waals surface area contributed by atoms with E-state index in [2.05, 4.69) is 4.98 Å². The van der Waals surface area contributed by atoms with Crippen molar-refractivity contribution in [3.05, 3.63) is 46.8 Å². The number of nitrogens with zero attached hydrogens (tertiary/aromatic N) is 2. The second-order valence-corrected chi connectivity index (χ2v) is 7.66. The van der Waals surface area contributed by atoms with E-state index in [1.807, 2.05) is 18.2 Å². The lowest BCUT2D eigenvalue weighted by Crippen LogP contribution is -2.55. The van der Waals surface area contributed by atoms with E-state index in [0.717, 1.165) is 0 Å². The molecular formula is C22H25N3O5. The van der Waals surface area contributed by atoms with Crippen LogP contribution in [0.2, 0.25) is 0 Å². The lowest BCUT2D eigenvalue weighted by atomic mass is 10.1. The van der Waals surface area contributed by atoms with Crippen LogP contribution >= 0.6 is 0 Å². The Morgan fingerprint density at radius 2 is 1.63 bits per heavy atom. The first-order valence-electron chi connectivity index (χ1n) is 10.0. The van der Waals surface area contributed by atoms with Gasteiger partial charge in [0.25, 0.3) is 11.8 Å². The van der Waals surface area contributed by atoms with Crippen molar-refractivity contribution in [2.45, 2.75) is 26.9 Å². The molecule has 0 bridgehead atoms. The van der Waals surface area contributed by atoms with Gasteiger partial charge in [-0.05, 0) is 38.5 Å². The second-order valence-electron chi connectivity index (χ2n) is 7.66. The summed E-state index contributed by atoms with van der Waals surface area (Å²) in [5.41, 5.74) is 2.39. The molecule has 1 fully saturated rings. The zero-order valence-corrected chi connectivity index (χ0v) is 17.4. The topological polar surface area (TPSA) is 91.9 Å². The van der Waals surface area contributed by atoms with Gasteiger partial charge in [0, 0.05) is 37.4 Å². The molecule has 2 aliphatic heterocycles. The van der Waals surface area contributed by atoms with E-state index >= 15 is 0 Å². The number of carbonyl (C=O) groups excluding carboxylic acids is 3. The first kappa shape index (κ1) is 20.0. The minimum Gasteiger partial charge on any atom is -0.485 e. The Hall–Kier alpha value is -3.29. The number of hydrogen-bond donors (Lipinski definition) is 1. The summed E-state index contributed by atoms with van der Waals surface area (Å²) in [5.74, 6) is 0.851. The number of ether oxygens (including phenoxy) is 2. The minimum absolute atomic E-state index is 0.0630. The molecule has 2 aliphatic rings. The van der Waals surface area contributed by atoms with Gasteiger partial charge in [0.05, 0.1) is 0 Å². The molecule has 8 nitrogen and oxygen atoms in total. The molecule has 0 spiro atoms. The Labute approximate surface area is 174 Å². The highest BCUT2D eigenvalue weighted by atomic mass is 16.6. The van der Waals surface area contributed by atoms with Gasteiger partial charge in [-0.1, -0.05) is 12.1 Å². The van der Waals surface area contributed by atoms with Crippen LogP contribution in [0.15, 0.2) is 24.3 Å². The first-order valence-corrected chi connectivity index (χ1v) is 10.0. The zero-order chi connectivity index (χ0) is 21.4. The summed E-state index contributed by atoms with van der Waals surface area (Å²) in [5, 5.41) is 0. The van der Waals surface area contributed by atoms with Crippen molar-refractivity contribution in [2.75, 3.05) is 32.8 Å². The van der Waals surface area contributed by atoms with Crippen LogP contribution in [0.25, 0.3) is 0 Å². The Morgan fingerprint density at radius 1 is 1.00 bits per heavy atom. The van der Waals surface area contributed by atoms with E-state index in [-0.39, 0.29) is 24.2 Å². The van der Waals surface area contributed by atoms with Crippen molar-refractivity contribution in [1.82, 2.24) is 14.8 Å². The molecule has 0 unspecified atom stereocenters. The summed E-state index contributed by atoms with van der Waals surface area (Å²) < 4.78 is 11.5. The van der Waals surface area contributed by atoms with Gasteiger partial charge in [0.1, 0.15) is 12.3 Å². The molecule has 1 atom stereocenters. The second kappa shape index (κ2) is 7.85. The van der Waals surface area contributed by atoms with Gasteiger partial charge in [0.15, 0.2) is 17.3 Å². The Balaban J connectivity index is 1.38. The summed E-state index contributed by atoms with van der Waals surface area (Å²) in [6.45, 7) is 6.92. The van der Waals surface area contributed by atoms with Gasteiger partial charge < -0.3 is 24.3 Å². The van der Waals surface area contributed by atoms with Crippen molar-refractivity contribution in [3.63, 3.8) is 0 Å². The van der Waals surface area contributed by atoms with Crippen molar-refractivity contribution in [2.24, 2.45) is 0 Å². The molecule has 1 aromatic carbocycles. The van der Waals surface area contributed by atoms with Crippen molar-refractivity contribution < 1.29 is 23.9 Å². The van der Waals surface area contributed by atoms with E-state index in [1.54, 1.807) is 29.7 Å². The number of aryl methyl sites for hydroxylation is 1. The number of hydrogen-bond acceptors (Lipinski definition) is 5. The number of nitrogens with one attached hydrogen (secondary N) is 1. The standard InChI is InChI=1S/C22H25N3O5/c1-13-19(15(3)26)14(2)23-20(13)22(28)25-10-8-24(9-11-25)21(27)18-12-29-16-6-4-5-7-17(16)30-18/h4-7,18,23H,8-12H2,1-3H3/t18-/m1/s1. The van der Waals surface area contributed by atoms with Crippen LogP contribution < -0.4 is 9.47 Å². The van der Waals surface area contributed by atoms with Crippen LogP contribution in [0.4, 0.5) is 0 Å². The molecular weight excluding hydrogens is 386 g/mol. The van der Waals surface area contributed by atoms with Crippen LogP contribution in [-0.2, 0) is 4.79 Å². The number of aromatic nitrogens is 1. The molecule has 30 heavy (non-hydrogen) atoms. The van der Waals surface area contributed by atoms with Gasteiger partial charge in [0.2, 0.25) is 6.10 Å². The summed E-state index contributed by atoms with van der Waals surface area (Å²) >= 11 is 0. The third-order valence-corrected chi connectivity index (χ3v) is 5.67. The van der Waals surface area contributed by atoms with Crippen LogP contribution in [0.3, 0.4) is 0 Å². The molecule has 4 rings (SSSR count). The number of para-hydroxylation sites is 2. The van der Waals surface area contributed by atoms with E-state index in [9.17, 15) is 14.4 Å². The number of piperazine rings is 1. The number of Topliss-reactive ketones (excluding diaryl/α,β-unsaturated/α-hetero) is 1. The number of benzene rings is 1. The van der Waals surface area contributed by atoms with Crippen molar-refractivity contribution in [1.29, 1.82) is 0 Å². The van der Waals surface area contributed by atoms with Gasteiger partial charge >= 0.3 is 0 Å². The van der Waals surface area contributed by atoms with E-state index in [4.69, 9.17) is 9.47 Å². The Morgan fingerprint density at radius 3 is 2.27 bits per heavy atom. The lowest BCUT2D eigenvalue weighted by molar-refractivity contribution is -0.142. The molecule has 1 saturated heterocycles. The third kappa shape index (κ3) is 3.53. The van der Waals surface area contributed by atoms with Crippen LogP contribution in [0.1, 0.15) is 39.0 Å². The number of ketones is 1. The predicted molar refractivity (Wildman–Crippen MR) is 109 cm³/mol. The maximum atomic E-state index is 13.0. The predicted octanol–water partition coefficient (Wildman–Crippen LogP) is 1.96. The molecule has 1 aromatic heterocycles. The van der Waals surface area contributed by atoms with Gasteiger partial charge in [-0.3, -0.25) is 14.4 Å². The molecule has 2 aromatic rings. The number of amides is 2. The smallest absolute Gasteiger partial charge is 0.270 e. The average molecular weight is 411 g/mol. The molecule has 3 heterocycles. The molecule has 158 valence electrons. The van der Waals surface area contributed by atoms with E-state index in [1.165, 1.54) is 6.92 Å². The highest BCUT2D eigenvalue weighted by molar-refractivity contribution is 6.02. The maximum Gasteiger partial charge on any atom is 0.270 e. The number of fused-ring (bicyclic) bond motifs is 1. The molecule has 0 radical (unpaired) electrons. The van der Waals surface area contributed by atoms with Crippen LogP contribution in [0, 0.1) is 13.8 Å². The highest BCUT2D eigenvalue weighted by Gasteiger charge is 2.34. The Kier molecular flexibility index (Phi) is 5.24. The normalized spacial score (nSPS) is 18.3. The number of carbonyl (C=O) groups is 3. The largest absolute Gasteiger partial charge is 0.485 e. The van der Waals surface area contributed by atoms with E-state index in [0.29, 0.717) is 60.2 Å². The molecule has 0 saturated carbocycles. The highest BCUT2D eigenvalue weighted by Crippen LogP contribution is 2.31. The summed E-state index contributed by atoms with van der Waals surface area (Å²) in [6.07, 6.45) is -0.687. The van der Waals surface area contributed by atoms with Crippen LogP contribution in [0.5, 0.6) is 11.5 Å². The number of rotatable bonds is 3. The fourth-order valence-electron chi connectivity index (χ4n) is 4.12. The molecule has 1 N–H and O–H groups in total. The van der Waals surface area contributed by atoms with Gasteiger partial charge in [-0.15, -0.1) is 0 Å². The fraction of sp³-hybridized carbons (Fsp3) is 0.409. The number of aromatic amines is 1. The molecule has 2 amide bonds. The van der Waals surface area contributed by atoms with Crippen LogP contribution in [-0.4, -0.2) is 71.3 Å². The summed E-state index contributed by atoms with van der Waals surface area (Å²) in [4.78, 5) is 44.1. The third-order valence-electron chi connectivity index (χ3n) is 5.67. The number of H-pyrrole nitrogens is 1. The van der Waals surface area contributed by atoms with Gasteiger partial charge in [-0.2, -0.15) is 0 Å². The lowest BCUT2D eigenvalue weighted by Gasteiger charge is -2.37. The SMILES string of the molecule is CC(=O)c1c(C)[nH]c(C(=O)N2CCN(C(=O)[C@H]3COc4ccccc4O3)CC2)c1C. The fourth-order valence-corrected chi connectivity index (χ4v) is 4.12. The van der Waals surface area contributed by atoms with E-state index < -0.39 is 6.10 Å². The molecule has 0 aliphatic carbocycles. The maximum absolute atomic E-state index is 13.0. The Bertz CT molecular complexity index is 1000. The summed E-state index contributed by atoms with van der Waals surface area (Å²) in [6, 6.07) is 7.28. The van der Waals surface area contributed by atoms with Crippen molar-refractivity contribution >= 4 is 17.6 Å². The average Bonchev–Trinajstić information content (AvgIpc) is 3.06. The molecule has 8 heteroatoms. The first-order chi connectivity index (χ1) is 14.4. The monoisotopic (exact) mass is 411 g/mol. The van der Waals surface area contributed by atoms with Crippen molar-refractivity contribution in [3.8, 4) is 11.5 Å². The summed E-state index contributed by atoms with van der Waals surface area (Å²) in [7, 11) is 0.